The lowest BCUT2D eigenvalue weighted by molar-refractivity contribution is -0.116. The summed E-state index contributed by atoms with van der Waals surface area (Å²) in [6, 6.07) is 18.3. The molecular weight excluding hydrogens is 366 g/mol. The van der Waals surface area contributed by atoms with E-state index in [-0.39, 0.29) is 12.0 Å². The number of para-hydroxylation sites is 1. The van der Waals surface area contributed by atoms with E-state index < -0.39 is 17.2 Å². The molecule has 6 heteroatoms. The second-order valence-electron chi connectivity index (χ2n) is 8.01. The van der Waals surface area contributed by atoms with Gasteiger partial charge in [0.2, 0.25) is 5.91 Å². The predicted molar refractivity (Wildman–Crippen MR) is 114 cm³/mol. The van der Waals surface area contributed by atoms with Crippen molar-refractivity contribution in [2.75, 3.05) is 5.32 Å². The number of nitrogens with zero attached hydrogens (tertiary/aromatic N) is 2. The lowest BCUT2D eigenvalue weighted by Gasteiger charge is -2.19. The zero-order valence-electron chi connectivity index (χ0n) is 16.9. The first-order valence-electron chi connectivity index (χ1n) is 9.49. The maximum Gasteiger partial charge on any atom is 0.331 e. The Kier molecular flexibility index (Phi) is 5.82. The molecule has 3 aromatic rings. The van der Waals surface area contributed by atoms with Gasteiger partial charge in [-0.25, -0.2) is 4.79 Å². The van der Waals surface area contributed by atoms with Gasteiger partial charge in [-0.1, -0.05) is 63.2 Å². The molecule has 0 radical (unpaired) electrons. The molecule has 150 valence electrons. The van der Waals surface area contributed by atoms with Gasteiger partial charge in [0.05, 0.1) is 6.54 Å². The van der Waals surface area contributed by atoms with Gasteiger partial charge in [-0.05, 0) is 28.7 Å². The van der Waals surface area contributed by atoms with Gasteiger partial charge in [0, 0.05) is 18.0 Å². The maximum absolute atomic E-state index is 12.8. The van der Waals surface area contributed by atoms with Crippen molar-refractivity contribution in [3.05, 3.63) is 98.8 Å². The summed E-state index contributed by atoms with van der Waals surface area (Å²) in [6.07, 6.45) is 1.47. The number of hydrogen-bond donors (Lipinski definition) is 1. The highest BCUT2D eigenvalue weighted by Gasteiger charge is 2.14. The molecule has 0 fully saturated rings. The summed E-state index contributed by atoms with van der Waals surface area (Å²) in [5.41, 5.74) is 1.79. The monoisotopic (exact) mass is 391 g/mol. The van der Waals surface area contributed by atoms with Crippen LogP contribution in [0.1, 0.15) is 31.9 Å². The van der Waals surface area contributed by atoms with E-state index in [1.807, 2.05) is 30.3 Å². The Morgan fingerprint density at radius 3 is 2.21 bits per heavy atom. The summed E-state index contributed by atoms with van der Waals surface area (Å²) >= 11 is 0. The average Bonchev–Trinajstić information content (AvgIpc) is 2.68. The van der Waals surface area contributed by atoms with Crippen molar-refractivity contribution >= 4 is 11.6 Å². The standard InChI is InChI=1S/C23H25N3O3/c1-23(2,3)18-11-9-17(10-12-18)15-25-14-13-21(28)26(22(25)29)16-20(27)24-19-7-5-4-6-8-19/h4-14H,15-16H2,1-3H3,(H,24,27). The lowest BCUT2D eigenvalue weighted by Crippen LogP contribution is -2.41. The summed E-state index contributed by atoms with van der Waals surface area (Å²) in [5, 5.41) is 2.69. The highest BCUT2D eigenvalue weighted by Crippen LogP contribution is 2.22. The third kappa shape index (κ3) is 5.10. The van der Waals surface area contributed by atoms with Gasteiger partial charge in [-0.3, -0.25) is 18.7 Å². The summed E-state index contributed by atoms with van der Waals surface area (Å²) in [7, 11) is 0. The minimum Gasteiger partial charge on any atom is -0.325 e. The number of anilines is 1. The van der Waals surface area contributed by atoms with Crippen LogP contribution in [0.15, 0.2) is 76.4 Å². The summed E-state index contributed by atoms with van der Waals surface area (Å²) in [4.78, 5) is 37.2. The Morgan fingerprint density at radius 1 is 0.931 bits per heavy atom. The van der Waals surface area contributed by atoms with Crippen molar-refractivity contribution < 1.29 is 4.79 Å². The molecule has 2 aromatic carbocycles. The van der Waals surface area contributed by atoms with Gasteiger partial charge in [0.15, 0.2) is 0 Å². The van der Waals surface area contributed by atoms with Crippen molar-refractivity contribution in [3.63, 3.8) is 0 Å². The topological polar surface area (TPSA) is 73.1 Å². The number of nitrogens with one attached hydrogen (secondary N) is 1. The number of rotatable bonds is 5. The van der Waals surface area contributed by atoms with E-state index in [0.29, 0.717) is 12.2 Å². The number of benzene rings is 2. The Labute approximate surface area is 169 Å². The SMILES string of the molecule is CC(C)(C)c1ccc(Cn2ccc(=O)n(CC(=O)Nc3ccccc3)c2=O)cc1. The molecule has 1 N–H and O–H groups in total. The van der Waals surface area contributed by atoms with E-state index in [0.717, 1.165) is 10.1 Å². The Morgan fingerprint density at radius 2 is 1.59 bits per heavy atom. The number of amides is 1. The first-order chi connectivity index (χ1) is 13.7. The first-order valence-corrected chi connectivity index (χ1v) is 9.49. The van der Waals surface area contributed by atoms with Gasteiger partial charge in [-0.15, -0.1) is 0 Å². The molecule has 0 aliphatic carbocycles. The molecular formula is C23H25N3O3. The smallest absolute Gasteiger partial charge is 0.325 e. The van der Waals surface area contributed by atoms with Gasteiger partial charge >= 0.3 is 5.69 Å². The number of carbonyl (C=O) groups excluding carboxylic acids is 1. The molecule has 29 heavy (non-hydrogen) atoms. The fourth-order valence-electron chi connectivity index (χ4n) is 3.00. The molecule has 0 aliphatic rings. The molecule has 0 aliphatic heterocycles. The third-order valence-corrected chi connectivity index (χ3v) is 4.67. The molecule has 1 amide bonds. The van der Waals surface area contributed by atoms with Crippen LogP contribution in [0.25, 0.3) is 0 Å². The second kappa shape index (κ2) is 8.31. The van der Waals surface area contributed by atoms with Crippen molar-refractivity contribution in [1.29, 1.82) is 0 Å². The van der Waals surface area contributed by atoms with Crippen LogP contribution in [0.2, 0.25) is 0 Å². The van der Waals surface area contributed by atoms with Crippen LogP contribution in [-0.4, -0.2) is 15.0 Å². The fourth-order valence-corrected chi connectivity index (χ4v) is 3.00. The fraction of sp³-hybridized carbons (Fsp3) is 0.261. The molecule has 0 atom stereocenters. The number of aromatic nitrogens is 2. The largest absolute Gasteiger partial charge is 0.331 e. The van der Waals surface area contributed by atoms with E-state index in [1.165, 1.54) is 22.4 Å². The van der Waals surface area contributed by atoms with Crippen LogP contribution in [0.5, 0.6) is 0 Å². The van der Waals surface area contributed by atoms with E-state index in [2.05, 4.69) is 26.1 Å². The number of carbonyl (C=O) groups is 1. The first kappa shape index (κ1) is 20.3. The van der Waals surface area contributed by atoms with Crippen LogP contribution in [0, 0.1) is 0 Å². The molecule has 0 unspecified atom stereocenters. The van der Waals surface area contributed by atoms with Crippen molar-refractivity contribution in [2.45, 2.75) is 39.3 Å². The third-order valence-electron chi connectivity index (χ3n) is 4.67. The highest BCUT2D eigenvalue weighted by molar-refractivity contribution is 5.90. The number of hydrogen-bond acceptors (Lipinski definition) is 3. The molecule has 1 aromatic heterocycles. The van der Waals surface area contributed by atoms with E-state index in [1.54, 1.807) is 24.3 Å². The van der Waals surface area contributed by atoms with Crippen LogP contribution < -0.4 is 16.6 Å². The highest BCUT2D eigenvalue weighted by atomic mass is 16.2. The second-order valence-corrected chi connectivity index (χ2v) is 8.01. The van der Waals surface area contributed by atoms with Crippen LogP contribution in [-0.2, 0) is 23.3 Å². The van der Waals surface area contributed by atoms with Crippen LogP contribution in [0.4, 0.5) is 5.69 Å². The summed E-state index contributed by atoms with van der Waals surface area (Å²) < 4.78 is 2.38. The zero-order chi connectivity index (χ0) is 21.0. The van der Waals surface area contributed by atoms with Crippen LogP contribution >= 0.6 is 0 Å². The van der Waals surface area contributed by atoms with Crippen molar-refractivity contribution in [2.24, 2.45) is 0 Å². The van der Waals surface area contributed by atoms with Gasteiger partial charge < -0.3 is 5.32 Å². The van der Waals surface area contributed by atoms with Crippen LogP contribution in [0.3, 0.4) is 0 Å². The molecule has 0 spiro atoms. The van der Waals surface area contributed by atoms with Gasteiger partial charge in [0.1, 0.15) is 6.54 Å². The van der Waals surface area contributed by atoms with Gasteiger partial charge in [-0.2, -0.15) is 0 Å². The minimum atomic E-state index is -0.513. The molecule has 3 rings (SSSR count). The normalized spacial score (nSPS) is 11.3. The minimum absolute atomic E-state index is 0.0503. The van der Waals surface area contributed by atoms with E-state index in [9.17, 15) is 14.4 Å². The maximum atomic E-state index is 12.8. The quantitative estimate of drug-likeness (QED) is 0.727. The van der Waals surface area contributed by atoms with E-state index >= 15 is 0 Å². The van der Waals surface area contributed by atoms with E-state index in [4.69, 9.17) is 0 Å². The molecule has 0 saturated carbocycles. The Balaban J connectivity index is 1.79. The average molecular weight is 391 g/mol. The zero-order valence-corrected chi connectivity index (χ0v) is 16.9. The summed E-state index contributed by atoms with van der Waals surface area (Å²) in [5.74, 6) is -0.428. The molecule has 0 saturated heterocycles. The molecule has 6 nitrogen and oxygen atoms in total. The molecule has 1 heterocycles. The Hall–Kier alpha value is -3.41. The van der Waals surface area contributed by atoms with Crippen molar-refractivity contribution in [3.8, 4) is 0 Å². The van der Waals surface area contributed by atoms with Gasteiger partial charge in [0.25, 0.3) is 5.56 Å². The predicted octanol–water partition coefficient (Wildman–Crippen LogP) is 2.99. The lowest BCUT2D eigenvalue weighted by atomic mass is 9.87. The van der Waals surface area contributed by atoms with Crippen molar-refractivity contribution in [1.82, 2.24) is 9.13 Å². The summed E-state index contributed by atoms with van der Waals surface area (Å²) in [6.45, 7) is 6.41. The molecule has 0 bridgehead atoms. The Bertz CT molecular complexity index is 1110.